The van der Waals surface area contributed by atoms with Gasteiger partial charge in [-0.1, -0.05) is 23.7 Å². The molecule has 0 unspecified atom stereocenters. The van der Waals surface area contributed by atoms with Crippen molar-refractivity contribution < 1.29 is 24.9 Å². The van der Waals surface area contributed by atoms with E-state index in [9.17, 15) is 19.8 Å². The normalized spacial score (nSPS) is 18.4. The monoisotopic (exact) mass is 416 g/mol. The van der Waals surface area contributed by atoms with E-state index < -0.39 is 17.7 Å². The number of nitrogens with one attached hydrogen (secondary N) is 1. The molecule has 1 saturated heterocycles. The lowest BCUT2D eigenvalue weighted by Gasteiger charge is -2.25. The Bertz CT molecular complexity index is 925. The Kier molecular flexibility index (Phi) is 6.53. The lowest BCUT2D eigenvalue weighted by molar-refractivity contribution is -0.139. The van der Waals surface area contributed by atoms with E-state index in [1.54, 1.807) is 36.4 Å². The summed E-state index contributed by atoms with van der Waals surface area (Å²) in [6, 6.07) is 11.6. The van der Waals surface area contributed by atoms with Crippen LogP contribution in [0.3, 0.4) is 0 Å². The number of halogens is 1. The molecule has 4 N–H and O–H groups in total. The maximum Gasteiger partial charge on any atom is 0.295 e. The first kappa shape index (κ1) is 20.9. The van der Waals surface area contributed by atoms with Crippen molar-refractivity contribution in [2.45, 2.75) is 6.04 Å². The van der Waals surface area contributed by atoms with Gasteiger partial charge in [0.15, 0.2) is 0 Å². The minimum Gasteiger partial charge on any atom is -0.508 e. The van der Waals surface area contributed by atoms with Crippen LogP contribution in [0.2, 0.25) is 5.02 Å². The van der Waals surface area contributed by atoms with Crippen molar-refractivity contribution in [2.75, 3.05) is 26.2 Å². The first-order valence-electron chi connectivity index (χ1n) is 9.09. The van der Waals surface area contributed by atoms with Crippen LogP contribution < -0.4 is 5.32 Å². The number of aromatic hydroxyl groups is 1. The topological polar surface area (TPSA) is 110 Å². The molecule has 0 radical (unpaired) electrons. The Hall–Kier alpha value is -2.87. The smallest absolute Gasteiger partial charge is 0.295 e. The molecule has 1 atom stereocenters. The third kappa shape index (κ3) is 4.42. The zero-order chi connectivity index (χ0) is 21.0. The van der Waals surface area contributed by atoms with Gasteiger partial charge in [0.05, 0.1) is 18.2 Å². The molecule has 1 heterocycles. The van der Waals surface area contributed by atoms with E-state index in [2.05, 4.69) is 5.32 Å². The van der Waals surface area contributed by atoms with Gasteiger partial charge in [0, 0.05) is 30.2 Å². The summed E-state index contributed by atoms with van der Waals surface area (Å²) in [5, 5.41) is 32.8. The van der Waals surface area contributed by atoms with Crippen molar-refractivity contribution in [3.63, 3.8) is 0 Å². The Morgan fingerprint density at radius 1 is 1.03 bits per heavy atom. The largest absolute Gasteiger partial charge is 0.508 e. The van der Waals surface area contributed by atoms with Crippen LogP contribution in [0, 0.1) is 0 Å². The first-order valence-corrected chi connectivity index (χ1v) is 9.46. The summed E-state index contributed by atoms with van der Waals surface area (Å²) in [5.41, 5.74) is 0.930. The van der Waals surface area contributed by atoms with Gasteiger partial charge < -0.3 is 25.5 Å². The van der Waals surface area contributed by atoms with Gasteiger partial charge in [-0.25, -0.2) is 0 Å². The highest BCUT2D eigenvalue weighted by molar-refractivity contribution is 6.46. The number of carbonyl (C=O) groups excluding carboxylic acids is 2. The van der Waals surface area contributed by atoms with E-state index >= 15 is 0 Å². The van der Waals surface area contributed by atoms with Gasteiger partial charge >= 0.3 is 0 Å². The van der Waals surface area contributed by atoms with Crippen molar-refractivity contribution in [3.05, 3.63) is 70.3 Å². The zero-order valence-corrected chi connectivity index (χ0v) is 16.3. The molecular formula is C21H21ClN2O5. The summed E-state index contributed by atoms with van der Waals surface area (Å²) >= 11 is 5.90. The fourth-order valence-electron chi connectivity index (χ4n) is 3.28. The summed E-state index contributed by atoms with van der Waals surface area (Å²) in [6.45, 7) is 0.881. The minimum atomic E-state index is -0.804. The molecule has 0 saturated carbocycles. The number of phenolic OH excluding ortho intramolecular Hbond substituents is 1. The second kappa shape index (κ2) is 9.09. The molecule has 152 valence electrons. The molecule has 8 heteroatoms. The van der Waals surface area contributed by atoms with Crippen LogP contribution in [0.4, 0.5) is 0 Å². The van der Waals surface area contributed by atoms with Crippen molar-refractivity contribution in [3.8, 4) is 5.75 Å². The Labute approximate surface area is 172 Å². The number of aliphatic hydroxyl groups excluding tert-OH is 2. The molecule has 2 aromatic carbocycles. The van der Waals surface area contributed by atoms with E-state index in [1.807, 2.05) is 0 Å². The summed E-state index contributed by atoms with van der Waals surface area (Å²) in [5.74, 6) is -1.74. The summed E-state index contributed by atoms with van der Waals surface area (Å²) in [7, 11) is 0. The number of amides is 1. The number of carbonyl (C=O) groups is 2. The summed E-state index contributed by atoms with van der Waals surface area (Å²) in [6.07, 6.45) is 0. The van der Waals surface area contributed by atoms with Crippen LogP contribution in [-0.4, -0.2) is 58.2 Å². The van der Waals surface area contributed by atoms with Crippen LogP contribution in [0.5, 0.6) is 5.75 Å². The molecule has 3 rings (SSSR count). The van der Waals surface area contributed by atoms with Gasteiger partial charge in [-0.05, 0) is 42.0 Å². The van der Waals surface area contributed by atoms with Crippen molar-refractivity contribution in [2.24, 2.45) is 0 Å². The number of phenols is 1. The van der Waals surface area contributed by atoms with Crippen LogP contribution in [0.1, 0.15) is 17.2 Å². The predicted octanol–water partition coefficient (Wildman–Crippen LogP) is 2.05. The number of hydrogen-bond donors (Lipinski definition) is 4. The highest BCUT2D eigenvalue weighted by atomic mass is 35.5. The summed E-state index contributed by atoms with van der Waals surface area (Å²) in [4.78, 5) is 26.9. The molecular weight excluding hydrogens is 396 g/mol. The minimum absolute atomic E-state index is 0.0230. The number of hydrogen-bond acceptors (Lipinski definition) is 6. The van der Waals surface area contributed by atoms with Crippen molar-refractivity contribution in [1.82, 2.24) is 10.2 Å². The standard InChI is InChI=1S/C21H21ClN2O5/c22-15-5-1-14(2-6-15)19(27)17-18(13-3-7-16(26)8-4-13)24(21(29)20(17)28)11-9-23-10-12-25/h1-8,18,23,25-27H,9-12H2/t18-/m1/s1. The lowest BCUT2D eigenvalue weighted by Crippen LogP contribution is -2.36. The summed E-state index contributed by atoms with van der Waals surface area (Å²) < 4.78 is 0. The van der Waals surface area contributed by atoms with Crippen LogP contribution in [-0.2, 0) is 9.59 Å². The molecule has 0 aromatic heterocycles. The molecule has 1 fully saturated rings. The lowest BCUT2D eigenvalue weighted by atomic mass is 9.95. The fourth-order valence-corrected chi connectivity index (χ4v) is 3.41. The van der Waals surface area contributed by atoms with Crippen LogP contribution in [0.15, 0.2) is 54.1 Å². The third-order valence-electron chi connectivity index (χ3n) is 4.68. The molecule has 0 aliphatic carbocycles. The van der Waals surface area contributed by atoms with E-state index in [1.165, 1.54) is 17.0 Å². The van der Waals surface area contributed by atoms with E-state index in [-0.39, 0.29) is 30.2 Å². The van der Waals surface area contributed by atoms with E-state index in [0.717, 1.165) is 0 Å². The maximum atomic E-state index is 12.8. The highest BCUT2D eigenvalue weighted by Gasteiger charge is 2.45. The second-order valence-electron chi connectivity index (χ2n) is 6.56. The number of nitrogens with zero attached hydrogens (tertiary/aromatic N) is 1. The van der Waals surface area contributed by atoms with Gasteiger partial charge in [-0.2, -0.15) is 0 Å². The Morgan fingerprint density at radius 3 is 2.31 bits per heavy atom. The molecule has 7 nitrogen and oxygen atoms in total. The average molecular weight is 417 g/mol. The zero-order valence-electron chi connectivity index (χ0n) is 15.5. The van der Waals surface area contributed by atoms with Gasteiger partial charge in [-0.15, -0.1) is 0 Å². The second-order valence-corrected chi connectivity index (χ2v) is 7.00. The highest BCUT2D eigenvalue weighted by Crippen LogP contribution is 2.39. The average Bonchev–Trinajstić information content (AvgIpc) is 2.96. The van der Waals surface area contributed by atoms with Crippen molar-refractivity contribution in [1.29, 1.82) is 0 Å². The number of ketones is 1. The molecule has 1 aliphatic rings. The number of aliphatic hydroxyl groups is 2. The van der Waals surface area contributed by atoms with Gasteiger partial charge in [0.2, 0.25) is 0 Å². The first-order chi connectivity index (χ1) is 13.9. The number of rotatable bonds is 7. The van der Waals surface area contributed by atoms with Gasteiger partial charge in [0.1, 0.15) is 11.5 Å². The Balaban J connectivity index is 2.05. The third-order valence-corrected chi connectivity index (χ3v) is 4.94. The predicted molar refractivity (Wildman–Crippen MR) is 109 cm³/mol. The molecule has 0 spiro atoms. The number of benzene rings is 2. The maximum absolute atomic E-state index is 12.8. The molecule has 1 aliphatic heterocycles. The molecule has 2 aromatic rings. The van der Waals surface area contributed by atoms with Crippen molar-refractivity contribution >= 4 is 29.1 Å². The van der Waals surface area contributed by atoms with Crippen LogP contribution >= 0.6 is 11.6 Å². The molecule has 29 heavy (non-hydrogen) atoms. The van der Waals surface area contributed by atoms with E-state index in [0.29, 0.717) is 29.2 Å². The molecule has 1 amide bonds. The van der Waals surface area contributed by atoms with Crippen LogP contribution in [0.25, 0.3) is 5.76 Å². The number of likely N-dealkylation sites (tertiary alicyclic amines) is 1. The number of Topliss-reactive ketones (excluding diaryl/α,β-unsaturated/α-hetero) is 1. The van der Waals surface area contributed by atoms with Gasteiger partial charge in [0.25, 0.3) is 11.7 Å². The molecule has 0 bridgehead atoms. The fraction of sp³-hybridized carbons (Fsp3) is 0.238. The SMILES string of the molecule is O=C1C(=O)N(CCNCCO)[C@H](c2ccc(O)cc2)C1=C(O)c1ccc(Cl)cc1. The Morgan fingerprint density at radius 2 is 1.69 bits per heavy atom. The van der Waals surface area contributed by atoms with E-state index in [4.69, 9.17) is 16.7 Å². The quantitative estimate of drug-likeness (QED) is 0.238. The van der Waals surface area contributed by atoms with Gasteiger partial charge in [-0.3, -0.25) is 9.59 Å².